The summed E-state index contributed by atoms with van der Waals surface area (Å²) in [4.78, 5) is 5.00. The lowest BCUT2D eigenvalue weighted by molar-refractivity contribution is -0.741. The van der Waals surface area contributed by atoms with E-state index in [9.17, 15) is 0 Å². The minimum atomic E-state index is 1.04. The molecule has 0 unspecified atom stereocenters. The summed E-state index contributed by atoms with van der Waals surface area (Å²) in [5.74, 6) is 0. The Bertz CT molecular complexity index is 1090. The first-order chi connectivity index (χ1) is 12.5. The van der Waals surface area contributed by atoms with E-state index < -0.39 is 0 Å². The molecule has 2 aromatic carbocycles. The number of hydrogen-bond donors (Lipinski definition) is 0. The number of aromatic nitrogens is 3. The molecule has 0 aliphatic heterocycles. The van der Waals surface area contributed by atoms with Crippen LogP contribution in [0.5, 0.6) is 0 Å². The van der Waals surface area contributed by atoms with E-state index in [1.807, 2.05) is 0 Å². The minimum Gasteiger partial charge on any atom is -0.251 e. The van der Waals surface area contributed by atoms with Crippen LogP contribution in [0.25, 0.3) is 27.8 Å². The van der Waals surface area contributed by atoms with Crippen molar-refractivity contribution in [3.05, 3.63) is 77.1 Å². The van der Waals surface area contributed by atoms with Crippen LogP contribution in [0.1, 0.15) is 22.4 Å². The number of rotatable bonds is 2. The van der Waals surface area contributed by atoms with Gasteiger partial charge >= 0.3 is 0 Å². The van der Waals surface area contributed by atoms with Gasteiger partial charge in [0.05, 0.1) is 16.8 Å². The zero-order chi connectivity index (χ0) is 18.4. The van der Waals surface area contributed by atoms with E-state index in [0.717, 1.165) is 17.1 Å². The van der Waals surface area contributed by atoms with Gasteiger partial charge in [-0.3, -0.25) is 4.98 Å². The highest BCUT2D eigenvalue weighted by atomic mass is 15.4. The summed E-state index contributed by atoms with van der Waals surface area (Å²) in [5.41, 5.74) is 9.45. The number of nitrogens with zero attached hydrogens (tertiary/aromatic N) is 3. The first-order valence-electron chi connectivity index (χ1n) is 8.99. The molecule has 0 aliphatic carbocycles. The standard InChI is InChI=1S/C23H24N3/c1-15-9-8-10-16(2)22(15)20-13-17(3)23(18(4)24-20)26-21-12-7-6-11-19(21)14-25(26)5/h6-14H,1-5H3/q+1. The highest BCUT2D eigenvalue weighted by Crippen LogP contribution is 2.30. The van der Waals surface area contributed by atoms with Crippen LogP contribution >= 0.6 is 0 Å². The number of fused-ring (bicyclic) bond motifs is 1. The van der Waals surface area contributed by atoms with E-state index in [4.69, 9.17) is 4.98 Å². The summed E-state index contributed by atoms with van der Waals surface area (Å²) in [6.45, 7) is 8.59. The first kappa shape index (κ1) is 16.5. The van der Waals surface area contributed by atoms with Crippen LogP contribution in [0.4, 0.5) is 0 Å². The van der Waals surface area contributed by atoms with E-state index in [2.05, 4.69) is 98.8 Å². The number of benzene rings is 2. The van der Waals surface area contributed by atoms with Crippen molar-refractivity contribution in [2.45, 2.75) is 27.7 Å². The lowest BCUT2D eigenvalue weighted by Crippen LogP contribution is -2.37. The zero-order valence-corrected chi connectivity index (χ0v) is 16.0. The molecule has 130 valence electrons. The second kappa shape index (κ2) is 6.10. The van der Waals surface area contributed by atoms with Gasteiger partial charge in [0.15, 0.2) is 7.05 Å². The quantitative estimate of drug-likeness (QED) is 0.482. The number of pyridine rings is 1. The first-order valence-corrected chi connectivity index (χ1v) is 8.99. The fourth-order valence-corrected chi connectivity index (χ4v) is 3.99. The molecule has 0 saturated carbocycles. The molecule has 0 amide bonds. The molecule has 2 heterocycles. The molecular formula is C23H24N3+. The van der Waals surface area contributed by atoms with Gasteiger partial charge in [0.25, 0.3) is 0 Å². The summed E-state index contributed by atoms with van der Waals surface area (Å²) in [6.07, 6.45) is 2.16. The van der Waals surface area contributed by atoms with E-state index in [-0.39, 0.29) is 0 Å². The summed E-state index contributed by atoms with van der Waals surface area (Å²) < 4.78 is 4.39. The summed E-state index contributed by atoms with van der Waals surface area (Å²) >= 11 is 0. The third-order valence-corrected chi connectivity index (χ3v) is 5.11. The molecule has 0 saturated heterocycles. The number of para-hydroxylation sites is 1. The Morgan fingerprint density at radius 1 is 0.846 bits per heavy atom. The van der Waals surface area contributed by atoms with Crippen molar-refractivity contribution in [2.75, 3.05) is 0 Å². The van der Waals surface area contributed by atoms with Gasteiger partial charge in [0.1, 0.15) is 11.2 Å². The van der Waals surface area contributed by atoms with Gasteiger partial charge in [0.2, 0.25) is 6.20 Å². The molecule has 0 N–H and O–H groups in total. The lowest BCUT2D eigenvalue weighted by Gasteiger charge is -2.14. The van der Waals surface area contributed by atoms with Crippen LogP contribution in [0.2, 0.25) is 0 Å². The van der Waals surface area contributed by atoms with E-state index in [0.29, 0.717) is 0 Å². The number of aryl methyl sites for hydroxylation is 5. The fourth-order valence-electron chi connectivity index (χ4n) is 3.99. The molecule has 4 rings (SSSR count). The van der Waals surface area contributed by atoms with E-state index >= 15 is 0 Å². The maximum Gasteiger partial charge on any atom is 0.203 e. The van der Waals surface area contributed by atoms with Crippen LogP contribution in [0, 0.1) is 27.7 Å². The second-order valence-electron chi connectivity index (χ2n) is 7.10. The topological polar surface area (TPSA) is 21.7 Å². The van der Waals surface area contributed by atoms with Gasteiger partial charge in [-0.2, -0.15) is 0 Å². The fraction of sp³-hybridized carbons (Fsp3) is 0.217. The van der Waals surface area contributed by atoms with E-state index in [1.165, 1.54) is 33.2 Å². The Balaban J connectivity index is 1.97. The SMILES string of the molecule is Cc1cccc(C)c1-c1cc(C)c(-n2c3ccccc3c[n+]2C)c(C)n1. The molecule has 0 radical (unpaired) electrons. The number of hydrogen-bond acceptors (Lipinski definition) is 1. The molecule has 3 nitrogen and oxygen atoms in total. The maximum absolute atomic E-state index is 5.00. The average molecular weight is 342 g/mol. The predicted molar refractivity (Wildman–Crippen MR) is 107 cm³/mol. The molecule has 2 aromatic heterocycles. The molecule has 0 spiro atoms. The monoisotopic (exact) mass is 342 g/mol. The molecule has 0 atom stereocenters. The zero-order valence-electron chi connectivity index (χ0n) is 16.0. The molecule has 0 bridgehead atoms. The molecular weight excluding hydrogens is 318 g/mol. The summed E-state index contributed by atoms with van der Waals surface area (Å²) in [7, 11) is 2.08. The Kier molecular flexibility index (Phi) is 3.87. The van der Waals surface area contributed by atoms with Crippen molar-refractivity contribution in [3.63, 3.8) is 0 Å². The molecule has 0 aliphatic rings. The Labute approximate surface area is 154 Å². The Morgan fingerprint density at radius 3 is 2.23 bits per heavy atom. The van der Waals surface area contributed by atoms with Crippen molar-refractivity contribution < 1.29 is 4.68 Å². The van der Waals surface area contributed by atoms with E-state index in [1.54, 1.807) is 0 Å². The second-order valence-corrected chi connectivity index (χ2v) is 7.10. The summed E-state index contributed by atoms with van der Waals surface area (Å²) in [6, 6.07) is 17.1. The highest BCUT2D eigenvalue weighted by molar-refractivity contribution is 5.79. The van der Waals surface area contributed by atoms with Gasteiger partial charge in [-0.05, 0) is 62.6 Å². The highest BCUT2D eigenvalue weighted by Gasteiger charge is 2.20. The van der Waals surface area contributed by atoms with Gasteiger partial charge in [-0.15, -0.1) is 9.36 Å². The Hall–Kier alpha value is -2.94. The largest absolute Gasteiger partial charge is 0.251 e. The predicted octanol–water partition coefficient (Wildman–Crippen LogP) is 4.75. The van der Waals surface area contributed by atoms with Gasteiger partial charge < -0.3 is 0 Å². The Morgan fingerprint density at radius 2 is 1.54 bits per heavy atom. The minimum absolute atomic E-state index is 1.04. The summed E-state index contributed by atoms with van der Waals surface area (Å²) in [5, 5.41) is 1.23. The van der Waals surface area contributed by atoms with Crippen LogP contribution < -0.4 is 4.68 Å². The molecule has 3 heteroatoms. The van der Waals surface area contributed by atoms with Crippen molar-refractivity contribution in [3.8, 4) is 16.9 Å². The van der Waals surface area contributed by atoms with Gasteiger partial charge in [-0.25, -0.2) is 0 Å². The van der Waals surface area contributed by atoms with Crippen molar-refractivity contribution >= 4 is 10.9 Å². The van der Waals surface area contributed by atoms with Gasteiger partial charge in [-0.1, -0.05) is 30.3 Å². The van der Waals surface area contributed by atoms with Crippen LogP contribution in [-0.4, -0.2) is 9.67 Å². The average Bonchev–Trinajstić information content (AvgIpc) is 2.90. The normalized spacial score (nSPS) is 11.3. The molecule has 4 aromatic rings. The third kappa shape index (κ3) is 2.51. The van der Waals surface area contributed by atoms with Crippen molar-refractivity contribution in [2.24, 2.45) is 7.05 Å². The van der Waals surface area contributed by atoms with Crippen molar-refractivity contribution in [1.82, 2.24) is 9.67 Å². The van der Waals surface area contributed by atoms with Crippen molar-refractivity contribution in [1.29, 1.82) is 0 Å². The maximum atomic E-state index is 5.00. The molecule has 26 heavy (non-hydrogen) atoms. The van der Waals surface area contributed by atoms with Gasteiger partial charge in [0, 0.05) is 5.56 Å². The van der Waals surface area contributed by atoms with Crippen LogP contribution in [0.15, 0.2) is 54.7 Å². The van der Waals surface area contributed by atoms with Crippen LogP contribution in [-0.2, 0) is 7.05 Å². The van der Waals surface area contributed by atoms with Crippen LogP contribution in [0.3, 0.4) is 0 Å². The smallest absolute Gasteiger partial charge is 0.203 e. The lowest BCUT2D eigenvalue weighted by atomic mass is 9.98. The third-order valence-electron chi connectivity index (χ3n) is 5.11. The molecule has 0 fully saturated rings.